The van der Waals surface area contributed by atoms with Crippen molar-refractivity contribution >= 4 is 11.9 Å². The first-order valence-corrected chi connectivity index (χ1v) is 7.88. The maximum atomic E-state index is 12.4. The minimum atomic E-state index is -1.03. The summed E-state index contributed by atoms with van der Waals surface area (Å²) < 4.78 is 6.57. The largest absolute Gasteiger partial charge is 0.480 e. The number of benzene rings is 1. The summed E-state index contributed by atoms with van der Waals surface area (Å²) >= 11 is 0. The second kappa shape index (κ2) is 7.27. The molecule has 24 heavy (non-hydrogen) atoms. The van der Waals surface area contributed by atoms with Crippen LogP contribution in [0.15, 0.2) is 36.4 Å². The number of hydrogen-bond donors (Lipinski definition) is 2. The third-order valence-corrected chi connectivity index (χ3v) is 3.71. The van der Waals surface area contributed by atoms with Crippen molar-refractivity contribution in [2.75, 3.05) is 19.8 Å². The first-order valence-electron chi connectivity index (χ1n) is 7.88. The molecule has 1 aromatic carbocycles. The van der Waals surface area contributed by atoms with Crippen molar-refractivity contribution in [1.82, 2.24) is 15.1 Å². The molecular weight excluding hydrogens is 310 g/mol. The Balaban J connectivity index is 1.69. The van der Waals surface area contributed by atoms with Gasteiger partial charge in [0.25, 0.3) is 5.91 Å². The van der Waals surface area contributed by atoms with Gasteiger partial charge in [0.05, 0.1) is 18.0 Å². The molecule has 1 aromatic heterocycles. The number of amides is 1. The van der Waals surface area contributed by atoms with Crippen LogP contribution in [0.3, 0.4) is 0 Å². The molecule has 3 rings (SSSR count). The number of nitrogens with zero attached hydrogens (tertiary/aromatic N) is 2. The van der Waals surface area contributed by atoms with E-state index in [-0.39, 0.29) is 25.7 Å². The second-order valence-electron chi connectivity index (χ2n) is 5.68. The highest BCUT2D eigenvalue weighted by molar-refractivity contribution is 5.93. The Labute approximate surface area is 139 Å². The number of ether oxygens (including phenoxy) is 1. The number of hydrogen-bond acceptors (Lipinski definition) is 4. The van der Waals surface area contributed by atoms with Crippen molar-refractivity contribution in [3.63, 3.8) is 0 Å². The molecule has 1 saturated carbocycles. The maximum absolute atomic E-state index is 12.4. The van der Waals surface area contributed by atoms with Gasteiger partial charge in [-0.3, -0.25) is 4.79 Å². The average Bonchev–Trinajstić information content (AvgIpc) is 3.33. The van der Waals surface area contributed by atoms with Crippen molar-refractivity contribution in [2.24, 2.45) is 0 Å². The van der Waals surface area contributed by atoms with E-state index in [1.165, 1.54) is 0 Å². The van der Waals surface area contributed by atoms with Gasteiger partial charge in [-0.2, -0.15) is 5.10 Å². The van der Waals surface area contributed by atoms with Gasteiger partial charge >= 0.3 is 5.97 Å². The van der Waals surface area contributed by atoms with Gasteiger partial charge in [0.2, 0.25) is 0 Å². The molecule has 1 heterocycles. The maximum Gasteiger partial charge on any atom is 0.329 e. The summed E-state index contributed by atoms with van der Waals surface area (Å²) in [6.45, 7) is 0.0154. The molecule has 0 unspecified atom stereocenters. The summed E-state index contributed by atoms with van der Waals surface area (Å²) in [5.74, 6) is -0.838. The third kappa shape index (κ3) is 3.99. The van der Waals surface area contributed by atoms with Crippen molar-refractivity contribution in [3.05, 3.63) is 47.8 Å². The molecule has 126 valence electrons. The number of carbonyl (C=O) groups excluding carboxylic acids is 1. The summed E-state index contributed by atoms with van der Waals surface area (Å²) in [6, 6.07) is 11.3. The lowest BCUT2D eigenvalue weighted by atomic mass is 10.2. The van der Waals surface area contributed by atoms with E-state index in [4.69, 9.17) is 9.84 Å². The van der Waals surface area contributed by atoms with Gasteiger partial charge in [-0.15, -0.1) is 0 Å². The van der Waals surface area contributed by atoms with Crippen LogP contribution in [-0.2, 0) is 9.53 Å². The highest BCUT2D eigenvalue weighted by atomic mass is 16.5. The quantitative estimate of drug-likeness (QED) is 0.717. The number of carboxylic acid groups (broad SMARTS) is 1. The van der Waals surface area contributed by atoms with Crippen molar-refractivity contribution in [2.45, 2.75) is 18.8 Å². The number of carboxylic acids is 1. The summed E-state index contributed by atoms with van der Waals surface area (Å²) in [7, 11) is 0. The van der Waals surface area contributed by atoms with Crippen molar-refractivity contribution in [3.8, 4) is 5.69 Å². The minimum Gasteiger partial charge on any atom is -0.480 e. The van der Waals surface area contributed by atoms with E-state index in [2.05, 4.69) is 10.4 Å². The lowest BCUT2D eigenvalue weighted by Gasteiger charge is -2.08. The molecule has 7 heteroatoms. The molecule has 2 N–H and O–H groups in total. The molecule has 0 aliphatic heterocycles. The molecule has 1 fully saturated rings. The molecule has 1 aliphatic carbocycles. The molecule has 0 atom stereocenters. The predicted octanol–water partition coefficient (Wildman–Crippen LogP) is 1.58. The lowest BCUT2D eigenvalue weighted by molar-refractivity contribution is -0.142. The summed E-state index contributed by atoms with van der Waals surface area (Å²) in [4.78, 5) is 22.8. The normalized spacial score (nSPS) is 13.7. The number of aliphatic carboxylic acids is 1. The fraction of sp³-hybridized carbons (Fsp3) is 0.353. The van der Waals surface area contributed by atoms with Crippen LogP contribution in [0.1, 0.15) is 34.9 Å². The zero-order valence-electron chi connectivity index (χ0n) is 13.1. The van der Waals surface area contributed by atoms with Gasteiger partial charge in [0, 0.05) is 12.5 Å². The van der Waals surface area contributed by atoms with Crippen LogP contribution >= 0.6 is 0 Å². The Morgan fingerprint density at radius 2 is 2.04 bits per heavy atom. The summed E-state index contributed by atoms with van der Waals surface area (Å²) in [5, 5.41) is 15.8. The van der Waals surface area contributed by atoms with Crippen LogP contribution in [0.25, 0.3) is 5.69 Å². The Hall–Kier alpha value is -2.67. The number of para-hydroxylation sites is 1. The molecule has 0 saturated heterocycles. The minimum absolute atomic E-state index is 0.146. The van der Waals surface area contributed by atoms with Crippen LogP contribution < -0.4 is 5.32 Å². The Bertz CT molecular complexity index is 723. The molecule has 0 bridgehead atoms. The summed E-state index contributed by atoms with van der Waals surface area (Å²) in [6.07, 6.45) is 2.21. The summed E-state index contributed by atoms with van der Waals surface area (Å²) in [5.41, 5.74) is 2.24. The number of rotatable bonds is 8. The Kier molecular flexibility index (Phi) is 4.90. The van der Waals surface area contributed by atoms with E-state index >= 15 is 0 Å². The van der Waals surface area contributed by atoms with Gasteiger partial charge in [-0.1, -0.05) is 18.2 Å². The van der Waals surface area contributed by atoms with E-state index < -0.39 is 5.97 Å². The fourth-order valence-corrected chi connectivity index (χ4v) is 2.39. The fourth-order valence-electron chi connectivity index (χ4n) is 2.39. The molecule has 0 spiro atoms. The third-order valence-electron chi connectivity index (χ3n) is 3.71. The molecule has 2 aromatic rings. The van der Waals surface area contributed by atoms with Crippen molar-refractivity contribution in [1.29, 1.82) is 0 Å². The highest BCUT2D eigenvalue weighted by Crippen LogP contribution is 2.39. The van der Waals surface area contributed by atoms with Crippen LogP contribution in [-0.4, -0.2) is 46.5 Å². The molecule has 1 aliphatic rings. The van der Waals surface area contributed by atoms with E-state index in [1.807, 2.05) is 36.4 Å². The molecule has 7 nitrogen and oxygen atoms in total. The van der Waals surface area contributed by atoms with Crippen LogP contribution in [0, 0.1) is 0 Å². The van der Waals surface area contributed by atoms with Crippen molar-refractivity contribution < 1.29 is 19.4 Å². The molecule has 1 amide bonds. The van der Waals surface area contributed by atoms with Gasteiger partial charge in [-0.05, 0) is 31.0 Å². The van der Waals surface area contributed by atoms with E-state index in [9.17, 15) is 9.59 Å². The number of aromatic nitrogens is 2. The smallest absolute Gasteiger partial charge is 0.329 e. The first kappa shape index (κ1) is 16.2. The average molecular weight is 329 g/mol. The van der Waals surface area contributed by atoms with Gasteiger partial charge in [-0.25, -0.2) is 9.48 Å². The molecular formula is C17H19N3O4. The predicted molar refractivity (Wildman–Crippen MR) is 86.3 cm³/mol. The molecule has 0 radical (unpaired) electrons. The number of carbonyl (C=O) groups is 2. The van der Waals surface area contributed by atoms with Crippen LogP contribution in [0.5, 0.6) is 0 Å². The van der Waals surface area contributed by atoms with Crippen LogP contribution in [0.4, 0.5) is 0 Å². The SMILES string of the molecule is O=C(O)COCCNC(=O)c1cc(C2CC2)nn1-c1ccccc1. The van der Waals surface area contributed by atoms with E-state index in [1.54, 1.807) is 4.68 Å². The lowest BCUT2D eigenvalue weighted by Crippen LogP contribution is -2.29. The second-order valence-corrected chi connectivity index (χ2v) is 5.68. The number of nitrogens with one attached hydrogen (secondary N) is 1. The highest BCUT2D eigenvalue weighted by Gasteiger charge is 2.28. The first-order chi connectivity index (χ1) is 11.6. The van der Waals surface area contributed by atoms with E-state index in [0.29, 0.717) is 11.6 Å². The van der Waals surface area contributed by atoms with E-state index in [0.717, 1.165) is 24.2 Å². The van der Waals surface area contributed by atoms with Gasteiger partial charge in [0.15, 0.2) is 0 Å². The Morgan fingerprint density at radius 1 is 1.29 bits per heavy atom. The monoisotopic (exact) mass is 329 g/mol. The standard InChI is InChI=1S/C17H19N3O4/c21-16(22)11-24-9-8-18-17(23)15-10-14(12-6-7-12)19-20(15)13-4-2-1-3-5-13/h1-5,10,12H,6-9,11H2,(H,18,23)(H,21,22). The Morgan fingerprint density at radius 3 is 2.71 bits per heavy atom. The van der Waals surface area contributed by atoms with Gasteiger partial charge < -0.3 is 15.2 Å². The van der Waals surface area contributed by atoms with Crippen LogP contribution in [0.2, 0.25) is 0 Å². The zero-order valence-corrected chi connectivity index (χ0v) is 13.1. The topological polar surface area (TPSA) is 93.4 Å². The zero-order chi connectivity index (χ0) is 16.9. The van der Waals surface area contributed by atoms with Gasteiger partial charge in [0.1, 0.15) is 12.3 Å².